The molecule has 2 N–H and O–H groups in total. The van der Waals surface area contributed by atoms with Gasteiger partial charge in [0.15, 0.2) is 9.84 Å². The monoisotopic (exact) mass is 283 g/mol. The normalized spacial score (nSPS) is 21.2. The van der Waals surface area contributed by atoms with Crippen LogP contribution in [0.15, 0.2) is 24.5 Å². The van der Waals surface area contributed by atoms with Crippen molar-refractivity contribution in [3.8, 4) is 0 Å². The Hall–Kier alpha value is -1.47. The Bertz CT molecular complexity index is 530. The Morgan fingerprint density at radius 2 is 2.32 bits per heavy atom. The number of hydrogen-bond donors (Lipinski definition) is 2. The van der Waals surface area contributed by atoms with Gasteiger partial charge in [-0.25, -0.2) is 8.42 Å². The van der Waals surface area contributed by atoms with Crippen molar-refractivity contribution in [1.82, 2.24) is 15.6 Å². The van der Waals surface area contributed by atoms with Gasteiger partial charge in [-0.15, -0.1) is 0 Å². The molecule has 1 amide bonds. The second-order valence-electron chi connectivity index (χ2n) is 4.63. The van der Waals surface area contributed by atoms with Crippen molar-refractivity contribution in [2.24, 2.45) is 0 Å². The van der Waals surface area contributed by atoms with Crippen LogP contribution in [0.1, 0.15) is 12.0 Å². The van der Waals surface area contributed by atoms with E-state index in [9.17, 15) is 13.2 Å². The van der Waals surface area contributed by atoms with Crippen LogP contribution in [0.3, 0.4) is 0 Å². The maximum atomic E-state index is 11.6. The maximum absolute atomic E-state index is 11.6. The minimum Gasteiger partial charge on any atom is -0.351 e. The van der Waals surface area contributed by atoms with Crippen LogP contribution in [0.4, 0.5) is 0 Å². The molecule has 7 heteroatoms. The van der Waals surface area contributed by atoms with Gasteiger partial charge in [0.25, 0.3) is 0 Å². The lowest BCUT2D eigenvalue weighted by Gasteiger charge is -2.11. The highest BCUT2D eigenvalue weighted by Gasteiger charge is 2.28. The Morgan fingerprint density at radius 1 is 1.47 bits per heavy atom. The van der Waals surface area contributed by atoms with Crippen LogP contribution in [0, 0.1) is 0 Å². The number of hydrogen-bond acceptors (Lipinski definition) is 5. The largest absolute Gasteiger partial charge is 0.351 e. The molecule has 1 saturated heterocycles. The standard InChI is InChI=1S/C12H17N3O3S/c16-12(15-11-3-5-19(17,18)9-11)8-14-7-10-2-1-4-13-6-10/h1-2,4,6,11,14H,3,5,7-9H2,(H,15,16). The van der Waals surface area contributed by atoms with E-state index in [2.05, 4.69) is 15.6 Å². The molecular weight excluding hydrogens is 266 g/mol. The molecule has 1 aromatic rings. The van der Waals surface area contributed by atoms with Crippen molar-refractivity contribution in [2.45, 2.75) is 19.0 Å². The van der Waals surface area contributed by atoms with E-state index in [1.54, 1.807) is 12.4 Å². The highest BCUT2D eigenvalue weighted by atomic mass is 32.2. The van der Waals surface area contributed by atoms with E-state index in [-0.39, 0.29) is 30.0 Å². The lowest BCUT2D eigenvalue weighted by molar-refractivity contribution is -0.120. The second kappa shape index (κ2) is 6.12. The first kappa shape index (κ1) is 14.0. The third kappa shape index (κ3) is 4.60. The van der Waals surface area contributed by atoms with Crippen LogP contribution in [0.25, 0.3) is 0 Å². The van der Waals surface area contributed by atoms with E-state index in [4.69, 9.17) is 0 Å². The summed E-state index contributed by atoms with van der Waals surface area (Å²) in [6.07, 6.45) is 3.93. The molecule has 1 unspecified atom stereocenters. The van der Waals surface area contributed by atoms with E-state index >= 15 is 0 Å². The van der Waals surface area contributed by atoms with Gasteiger partial charge in [0, 0.05) is 25.0 Å². The Morgan fingerprint density at radius 3 is 2.95 bits per heavy atom. The van der Waals surface area contributed by atoms with Crippen molar-refractivity contribution in [3.05, 3.63) is 30.1 Å². The van der Waals surface area contributed by atoms with Gasteiger partial charge < -0.3 is 10.6 Å². The fourth-order valence-corrected chi connectivity index (χ4v) is 3.68. The molecule has 0 saturated carbocycles. The number of sulfone groups is 1. The van der Waals surface area contributed by atoms with Gasteiger partial charge in [-0.1, -0.05) is 6.07 Å². The van der Waals surface area contributed by atoms with E-state index in [1.165, 1.54) is 0 Å². The van der Waals surface area contributed by atoms with Crippen molar-refractivity contribution < 1.29 is 13.2 Å². The van der Waals surface area contributed by atoms with Gasteiger partial charge in [0.05, 0.1) is 18.1 Å². The topological polar surface area (TPSA) is 88.2 Å². The third-order valence-electron chi connectivity index (χ3n) is 2.94. The number of nitrogens with zero attached hydrogens (tertiary/aromatic N) is 1. The average molecular weight is 283 g/mol. The highest BCUT2D eigenvalue weighted by Crippen LogP contribution is 2.10. The first-order chi connectivity index (χ1) is 9.05. The van der Waals surface area contributed by atoms with E-state index in [1.807, 2.05) is 12.1 Å². The number of carbonyl (C=O) groups is 1. The first-order valence-corrected chi connectivity index (χ1v) is 7.97. The summed E-state index contributed by atoms with van der Waals surface area (Å²) in [7, 11) is -2.95. The molecule has 1 aliphatic rings. The van der Waals surface area contributed by atoms with Gasteiger partial charge in [-0.2, -0.15) is 0 Å². The molecule has 2 rings (SSSR count). The van der Waals surface area contributed by atoms with Crippen molar-refractivity contribution >= 4 is 15.7 Å². The number of rotatable bonds is 5. The van der Waals surface area contributed by atoms with Crippen LogP contribution in [-0.2, 0) is 21.2 Å². The predicted molar refractivity (Wildman–Crippen MR) is 71.1 cm³/mol. The van der Waals surface area contributed by atoms with Gasteiger partial charge in [-0.05, 0) is 18.1 Å². The molecule has 19 heavy (non-hydrogen) atoms. The zero-order valence-electron chi connectivity index (χ0n) is 10.5. The van der Waals surface area contributed by atoms with Gasteiger partial charge in [0.2, 0.25) is 5.91 Å². The average Bonchev–Trinajstić information content (AvgIpc) is 2.70. The number of aromatic nitrogens is 1. The number of nitrogens with one attached hydrogen (secondary N) is 2. The van der Waals surface area contributed by atoms with Crippen LogP contribution < -0.4 is 10.6 Å². The van der Waals surface area contributed by atoms with Gasteiger partial charge in [0.1, 0.15) is 0 Å². The zero-order valence-corrected chi connectivity index (χ0v) is 11.3. The first-order valence-electron chi connectivity index (χ1n) is 6.14. The van der Waals surface area contributed by atoms with Crippen LogP contribution in [0.2, 0.25) is 0 Å². The fraction of sp³-hybridized carbons (Fsp3) is 0.500. The van der Waals surface area contributed by atoms with Gasteiger partial charge >= 0.3 is 0 Å². The van der Waals surface area contributed by atoms with Crippen molar-refractivity contribution in [2.75, 3.05) is 18.1 Å². The lowest BCUT2D eigenvalue weighted by atomic mass is 10.2. The molecule has 2 heterocycles. The summed E-state index contributed by atoms with van der Waals surface area (Å²) in [5.74, 6) is 0.0496. The minimum absolute atomic E-state index is 0.0569. The van der Waals surface area contributed by atoms with Crippen LogP contribution >= 0.6 is 0 Å². The Labute approximate surface area is 112 Å². The quantitative estimate of drug-likeness (QED) is 0.759. The summed E-state index contributed by atoms with van der Waals surface area (Å²) < 4.78 is 22.5. The minimum atomic E-state index is -2.95. The molecule has 1 atom stereocenters. The second-order valence-corrected chi connectivity index (χ2v) is 6.86. The smallest absolute Gasteiger partial charge is 0.234 e. The number of amides is 1. The third-order valence-corrected chi connectivity index (χ3v) is 4.70. The molecule has 1 fully saturated rings. The van der Waals surface area contributed by atoms with Crippen molar-refractivity contribution in [1.29, 1.82) is 0 Å². The van der Waals surface area contributed by atoms with E-state index < -0.39 is 9.84 Å². The molecule has 0 aromatic carbocycles. The molecular formula is C12H17N3O3S. The number of pyridine rings is 1. The molecule has 1 aromatic heterocycles. The molecule has 1 aliphatic heterocycles. The van der Waals surface area contributed by atoms with Crippen LogP contribution in [0.5, 0.6) is 0 Å². The summed E-state index contributed by atoms with van der Waals surface area (Å²) >= 11 is 0. The molecule has 6 nitrogen and oxygen atoms in total. The summed E-state index contributed by atoms with van der Waals surface area (Å²) in [6, 6.07) is 3.51. The van der Waals surface area contributed by atoms with E-state index in [0.29, 0.717) is 13.0 Å². The zero-order chi connectivity index (χ0) is 13.7. The summed E-state index contributed by atoms with van der Waals surface area (Å²) in [5.41, 5.74) is 0.999. The van der Waals surface area contributed by atoms with Gasteiger partial charge in [-0.3, -0.25) is 9.78 Å². The summed E-state index contributed by atoms with van der Waals surface area (Å²) in [5, 5.41) is 5.72. The highest BCUT2D eigenvalue weighted by molar-refractivity contribution is 7.91. The predicted octanol–water partition coefficient (Wildman–Crippen LogP) is -0.525. The Kier molecular flexibility index (Phi) is 4.49. The SMILES string of the molecule is O=C(CNCc1cccnc1)NC1CCS(=O)(=O)C1. The maximum Gasteiger partial charge on any atom is 0.234 e. The van der Waals surface area contributed by atoms with Crippen LogP contribution in [-0.4, -0.2) is 43.4 Å². The molecule has 0 bridgehead atoms. The fourth-order valence-electron chi connectivity index (χ4n) is 2.01. The molecule has 0 radical (unpaired) electrons. The van der Waals surface area contributed by atoms with E-state index in [0.717, 1.165) is 5.56 Å². The summed E-state index contributed by atoms with van der Waals surface area (Å²) in [4.78, 5) is 15.6. The molecule has 104 valence electrons. The molecule has 0 aliphatic carbocycles. The molecule has 0 spiro atoms. The van der Waals surface area contributed by atoms with Crippen molar-refractivity contribution in [3.63, 3.8) is 0 Å². The Balaban J connectivity index is 1.68. The summed E-state index contributed by atoms with van der Waals surface area (Å²) in [6.45, 7) is 0.732. The lowest BCUT2D eigenvalue weighted by Crippen LogP contribution is -2.40. The number of carbonyl (C=O) groups excluding carboxylic acids is 1.